The number of pyridine rings is 2. The van der Waals surface area contributed by atoms with E-state index in [-0.39, 0.29) is 10.8 Å². The van der Waals surface area contributed by atoms with Crippen LogP contribution < -0.4 is 18.9 Å². The standard InChI is InChI=1S/C17H22NO2S.C9H13ClNO.C8H10OS/c1-17(2,3)14-9-10-18(19)16(11-14)21-12-13-5-7-15(20-4)8-6-13;1-9(2,3)7-4-5-11(12)8(10)6-7;1-9-8-4-2-7(6-10)3-5-8/h5-11,19H,12H2,1-4H3;4-6,12H,1-3H3;2-5,10H,6H2,1H3/q2*+1;. The molecule has 0 saturated heterocycles. The van der Waals surface area contributed by atoms with Gasteiger partial charge in [0.15, 0.2) is 0 Å². The third-order valence-electron chi connectivity index (χ3n) is 6.41. The first-order valence-electron chi connectivity index (χ1n) is 13.8. The molecule has 0 fully saturated rings. The van der Waals surface area contributed by atoms with Crippen molar-refractivity contribution in [3.8, 4) is 11.5 Å². The third kappa shape index (κ3) is 12.2. The highest BCUT2D eigenvalue weighted by Gasteiger charge is 2.20. The molecule has 2 heterocycles. The molecule has 9 heteroatoms. The molecule has 0 aliphatic carbocycles. The maximum Gasteiger partial charge on any atom is 0.325 e. The lowest BCUT2D eigenvalue weighted by molar-refractivity contribution is -0.932. The molecule has 0 atom stereocenters. The van der Waals surface area contributed by atoms with Crippen LogP contribution in [0.3, 0.4) is 0 Å². The molecule has 2 aromatic heterocycles. The summed E-state index contributed by atoms with van der Waals surface area (Å²) in [7, 11) is 3.33. The van der Waals surface area contributed by atoms with Gasteiger partial charge < -0.3 is 9.47 Å². The van der Waals surface area contributed by atoms with Crippen molar-refractivity contribution in [2.75, 3.05) is 14.2 Å². The topological polar surface area (TPSA) is 66.7 Å². The number of hydrogen-bond acceptors (Lipinski definition) is 6. The molecule has 6 nitrogen and oxygen atoms in total. The van der Waals surface area contributed by atoms with Crippen molar-refractivity contribution in [3.05, 3.63) is 113 Å². The van der Waals surface area contributed by atoms with Gasteiger partial charge in [0, 0.05) is 45.2 Å². The number of benzene rings is 2. The number of hydrogen-bond donors (Lipinski definition) is 3. The van der Waals surface area contributed by atoms with E-state index in [4.69, 9.17) is 26.3 Å². The van der Waals surface area contributed by atoms with E-state index in [9.17, 15) is 5.21 Å². The Morgan fingerprint density at radius 1 is 0.698 bits per heavy atom. The van der Waals surface area contributed by atoms with Gasteiger partial charge in [0.05, 0.1) is 14.2 Å². The highest BCUT2D eigenvalue weighted by Crippen LogP contribution is 2.27. The zero-order valence-corrected chi connectivity index (χ0v) is 28.8. The zero-order valence-electron chi connectivity index (χ0n) is 26.3. The summed E-state index contributed by atoms with van der Waals surface area (Å²) in [5.41, 5.74) is 4.87. The van der Waals surface area contributed by atoms with Crippen molar-refractivity contribution >= 4 is 36.0 Å². The lowest BCUT2D eigenvalue weighted by Crippen LogP contribution is -2.33. The normalized spacial score (nSPS) is 11.0. The quantitative estimate of drug-likeness (QED) is 0.0651. The molecule has 4 rings (SSSR count). The van der Waals surface area contributed by atoms with Crippen molar-refractivity contribution < 1.29 is 29.3 Å². The summed E-state index contributed by atoms with van der Waals surface area (Å²) >= 11 is 11.5. The maximum atomic E-state index is 9.94. The Morgan fingerprint density at radius 2 is 1.14 bits per heavy atom. The Hall–Kier alpha value is -3.07. The number of nitrogens with zero attached hydrogens (tertiary/aromatic N) is 2. The number of ether oxygens (including phenoxy) is 2. The number of rotatable bonds is 6. The second-order valence-electron chi connectivity index (χ2n) is 11.8. The van der Waals surface area contributed by atoms with Crippen LogP contribution in [0.2, 0.25) is 5.15 Å². The van der Waals surface area contributed by atoms with Crippen LogP contribution >= 0.6 is 36.0 Å². The van der Waals surface area contributed by atoms with Crippen LogP contribution in [0.1, 0.15) is 63.8 Å². The summed E-state index contributed by atoms with van der Waals surface area (Å²) in [5.74, 6) is 3.34. The van der Waals surface area contributed by atoms with E-state index in [1.807, 2.05) is 66.7 Å². The number of methoxy groups -OCH3 is 2. The molecule has 4 aromatic rings. The second-order valence-corrected chi connectivity index (χ2v) is 13.5. The van der Waals surface area contributed by atoms with Crippen molar-refractivity contribution in [1.29, 1.82) is 0 Å². The maximum absolute atomic E-state index is 9.94. The Kier molecular flexibility index (Phi) is 14.0. The van der Waals surface area contributed by atoms with Crippen LogP contribution in [0.15, 0.2) is 90.2 Å². The van der Waals surface area contributed by atoms with Gasteiger partial charge in [0.1, 0.15) is 11.5 Å². The molecule has 0 aliphatic heterocycles. The van der Waals surface area contributed by atoms with Crippen LogP contribution in [-0.4, -0.2) is 24.6 Å². The van der Waals surface area contributed by atoms with E-state index in [2.05, 4.69) is 54.2 Å². The molecular weight excluding hydrogens is 600 g/mol. The summed E-state index contributed by atoms with van der Waals surface area (Å²) in [6, 6.07) is 23.5. The van der Waals surface area contributed by atoms with E-state index in [0.29, 0.717) is 5.15 Å². The first kappa shape index (κ1) is 36.1. The van der Waals surface area contributed by atoms with Crippen molar-refractivity contribution in [2.24, 2.45) is 0 Å². The monoisotopic (exact) mass is 644 g/mol. The average Bonchev–Trinajstić information content (AvgIpc) is 2.98. The van der Waals surface area contributed by atoms with Crippen LogP contribution in [0.5, 0.6) is 11.5 Å². The van der Waals surface area contributed by atoms with E-state index in [1.54, 1.807) is 44.4 Å². The zero-order chi connectivity index (χ0) is 32.2. The average molecular weight is 645 g/mol. The molecule has 2 aromatic carbocycles. The summed E-state index contributed by atoms with van der Waals surface area (Å²) in [4.78, 5) is 0. The Bertz CT molecular complexity index is 1400. The van der Waals surface area contributed by atoms with Crippen molar-refractivity contribution in [2.45, 2.75) is 68.9 Å². The summed E-state index contributed by atoms with van der Waals surface area (Å²) in [5, 5.41) is 20.2. The van der Waals surface area contributed by atoms with E-state index >= 15 is 0 Å². The minimum Gasteiger partial charge on any atom is -0.497 e. The minimum atomic E-state index is 0.0674. The molecule has 0 amide bonds. The second kappa shape index (κ2) is 16.7. The number of thioether (sulfide) groups is 1. The van der Waals surface area contributed by atoms with Gasteiger partial charge in [-0.25, -0.2) is 0 Å². The molecule has 0 spiro atoms. The molecule has 0 aliphatic rings. The van der Waals surface area contributed by atoms with Gasteiger partial charge in [0.2, 0.25) is 12.4 Å². The van der Waals surface area contributed by atoms with Gasteiger partial charge in [0.25, 0.3) is 5.03 Å². The highest BCUT2D eigenvalue weighted by atomic mass is 35.5. The van der Waals surface area contributed by atoms with Gasteiger partial charge >= 0.3 is 5.15 Å². The summed E-state index contributed by atoms with van der Waals surface area (Å²) in [6.45, 7) is 12.8. The lowest BCUT2D eigenvalue weighted by atomic mass is 9.88. The molecule has 0 saturated carbocycles. The largest absolute Gasteiger partial charge is 0.497 e. The van der Waals surface area contributed by atoms with Crippen LogP contribution in [-0.2, 0) is 22.3 Å². The van der Waals surface area contributed by atoms with Gasteiger partial charge in [-0.1, -0.05) is 65.8 Å². The Morgan fingerprint density at radius 3 is 1.56 bits per heavy atom. The van der Waals surface area contributed by atoms with Crippen LogP contribution in [0, 0.1) is 0 Å². The van der Waals surface area contributed by atoms with E-state index in [0.717, 1.165) is 38.3 Å². The third-order valence-corrected chi connectivity index (χ3v) is 8.13. The number of aromatic nitrogens is 2. The fraction of sp³-hybridized carbons (Fsp3) is 0.353. The predicted molar refractivity (Wildman–Crippen MR) is 178 cm³/mol. The minimum absolute atomic E-state index is 0.0674. The molecule has 0 radical (unpaired) electrons. The summed E-state index contributed by atoms with van der Waals surface area (Å²) < 4.78 is 12.2. The van der Waals surface area contributed by atoms with Gasteiger partial charge in [-0.15, -0.1) is 0 Å². The van der Waals surface area contributed by atoms with Gasteiger partial charge in [-0.05, 0) is 80.7 Å². The molecule has 43 heavy (non-hydrogen) atoms. The van der Waals surface area contributed by atoms with Crippen LogP contribution in [0.4, 0.5) is 0 Å². The highest BCUT2D eigenvalue weighted by molar-refractivity contribution is 7.98. The molecule has 0 bridgehead atoms. The predicted octanol–water partition coefficient (Wildman–Crippen LogP) is 8.10. The lowest BCUT2D eigenvalue weighted by Gasteiger charge is -2.17. The number of thiol groups is 1. The molecular formula is C34H45ClN2O4S2+2. The SMILES string of the molecule is CC(C)(C)c1cc[n+](O)c(Cl)c1.COc1ccc(CS)cc1.COc1ccc(CSc2cc(C(C)(C)C)cc[n+]2O)cc1. The van der Waals surface area contributed by atoms with Crippen LogP contribution in [0.25, 0.3) is 0 Å². The van der Waals surface area contributed by atoms with Crippen molar-refractivity contribution in [1.82, 2.24) is 0 Å². The fourth-order valence-electron chi connectivity index (χ4n) is 3.59. The first-order chi connectivity index (χ1) is 20.2. The molecule has 2 N–H and O–H groups in total. The van der Waals surface area contributed by atoms with Gasteiger partial charge in [-0.2, -0.15) is 12.6 Å². The molecule has 0 unspecified atom stereocenters. The smallest absolute Gasteiger partial charge is 0.325 e. The summed E-state index contributed by atoms with van der Waals surface area (Å²) in [6.07, 6.45) is 3.25. The van der Waals surface area contributed by atoms with E-state index < -0.39 is 0 Å². The first-order valence-corrected chi connectivity index (χ1v) is 15.8. The molecule has 232 valence electrons. The van der Waals surface area contributed by atoms with E-state index in [1.165, 1.54) is 21.4 Å². The Labute approximate surface area is 271 Å². The van der Waals surface area contributed by atoms with Gasteiger partial charge in [-0.3, -0.25) is 10.4 Å². The number of halogens is 1. The Balaban J connectivity index is 0.000000248. The van der Waals surface area contributed by atoms with Crippen molar-refractivity contribution in [3.63, 3.8) is 0 Å². The fourth-order valence-corrected chi connectivity index (χ4v) is 4.88.